The number of rotatable bonds is 5. The minimum absolute atomic E-state index is 0.00164. The molecule has 0 unspecified atom stereocenters. The van der Waals surface area contributed by atoms with E-state index in [1.807, 2.05) is 22.6 Å². The van der Waals surface area contributed by atoms with Gasteiger partial charge in [-0.1, -0.05) is 0 Å². The Morgan fingerprint density at radius 3 is 2.83 bits per heavy atom. The summed E-state index contributed by atoms with van der Waals surface area (Å²) < 4.78 is 20.7. The van der Waals surface area contributed by atoms with Crippen molar-refractivity contribution < 1.29 is 28.3 Å². The highest BCUT2D eigenvalue weighted by Gasteiger charge is 2.24. The van der Waals surface area contributed by atoms with Crippen LogP contribution in [0.5, 0.6) is 0 Å². The van der Waals surface area contributed by atoms with Gasteiger partial charge in [0.1, 0.15) is 23.2 Å². The van der Waals surface area contributed by atoms with Crippen LogP contribution >= 0.6 is 22.6 Å². The summed E-state index contributed by atoms with van der Waals surface area (Å²) in [5, 5.41) is 13.4. The zero-order chi connectivity index (χ0) is 20.8. The lowest BCUT2D eigenvalue weighted by atomic mass is 10.2. The number of furan rings is 1. The summed E-state index contributed by atoms with van der Waals surface area (Å²) in [5.74, 6) is -0.988. The van der Waals surface area contributed by atoms with Gasteiger partial charge in [0.05, 0.1) is 11.1 Å². The highest BCUT2D eigenvalue weighted by atomic mass is 127. The van der Waals surface area contributed by atoms with Gasteiger partial charge in [0.15, 0.2) is 0 Å². The first-order valence-electron chi connectivity index (χ1n) is 8.36. The molecule has 0 aliphatic carbocycles. The number of carbonyl (C=O) groups is 2. The van der Waals surface area contributed by atoms with E-state index in [-0.39, 0.29) is 24.0 Å². The molecule has 1 aliphatic heterocycles. The maximum absolute atomic E-state index is 14.2. The average Bonchev–Trinajstić information content (AvgIpc) is 3.02. The number of anilines is 2. The Kier molecular flexibility index (Phi) is 6.95. The second-order valence-electron chi connectivity index (χ2n) is 5.86. The van der Waals surface area contributed by atoms with Crippen LogP contribution in [0.1, 0.15) is 10.6 Å². The van der Waals surface area contributed by atoms with Gasteiger partial charge in [0.2, 0.25) is 5.76 Å². The molecule has 29 heavy (non-hydrogen) atoms. The Balaban J connectivity index is 0.000000755. The Labute approximate surface area is 177 Å². The molecule has 152 valence electrons. The molecule has 3 aromatic rings. The van der Waals surface area contributed by atoms with E-state index < -0.39 is 11.7 Å². The molecule has 1 amide bonds. The second-order valence-corrected chi connectivity index (χ2v) is 7.11. The standard InChI is InChI=1S/C17H14FIN4O3.CH2O2/c18-12-5-9(19)1-2-13(12)22-15-11-8-20-4-3-14(11)25-16(15)17(24)23-26-10-6-21-7-10;2-1-3/h1-5,8,10,21-22H,6-7H2,(H,23,24);1H,(H,2,3). The molecule has 0 spiro atoms. The minimum atomic E-state index is -0.554. The number of fused-ring (bicyclic) bond motifs is 1. The molecule has 1 fully saturated rings. The number of hydrogen-bond donors (Lipinski definition) is 4. The van der Waals surface area contributed by atoms with Gasteiger partial charge < -0.3 is 20.2 Å². The van der Waals surface area contributed by atoms with Crippen molar-refractivity contribution in [2.24, 2.45) is 0 Å². The lowest BCUT2D eigenvalue weighted by Crippen LogP contribution is -2.51. The van der Waals surface area contributed by atoms with Crippen LogP contribution in [-0.2, 0) is 9.63 Å². The molecule has 4 N–H and O–H groups in total. The van der Waals surface area contributed by atoms with E-state index in [4.69, 9.17) is 19.2 Å². The van der Waals surface area contributed by atoms with Gasteiger partial charge in [-0.15, -0.1) is 0 Å². The number of carboxylic acid groups (broad SMARTS) is 1. The number of amides is 1. The maximum atomic E-state index is 14.2. The van der Waals surface area contributed by atoms with Crippen molar-refractivity contribution in [2.75, 3.05) is 18.4 Å². The summed E-state index contributed by atoms with van der Waals surface area (Å²) in [5.41, 5.74) is 3.41. The van der Waals surface area contributed by atoms with Crippen LogP contribution in [0.3, 0.4) is 0 Å². The molecular weight excluding hydrogens is 498 g/mol. The van der Waals surface area contributed by atoms with E-state index in [1.54, 1.807) is 30.6 Å². The fourth-order valence-corrected chi connectivity index (χ4v) is 2.93. The summed E-state index contributed by atoms with van der Waals surface area (Å²) >= 11 is 2.03. The topological polar surface area (TPSA) is 126 Å². The average molecular weight is 514 g/mol. The van der Waals surface area contributed by atoms with Crippen LogP contribution in [0.15, 0.2) is 41.1 Å². The number of aromatic nitrogens is 1. The number of nitrogens with zero attached hydrogens (tertiary/aromatic N) is 1. The first-order chi connectivity index (χ1) is 14.0. The Morgan fingerprint density at radius 1 is 1.41 bits per heavy atom. The summed E-state index contributed by atoms with van der Waals surface area (Å²) in [6, 6.07) is 6.40. The molecule has 11 heteroatoms. The van der Waals surface area contributed by atoms with Gasteiger partial charge in [0.25, 0.3) is 6.47 Å². The van der Waals surface area contributed by atoms with Crippen molar-refractivity contribution in [1.29, 1.82) is 0 Å². The summed E-state index contributed by atoms with van der Waals surface area (Å²) in [4.78, 5) is 30.2. The van der Waals surface area contributed by atoms with Gasteiger partial charge in [0, 0.05) is 29.1 Å². The number of pyridine rings is 1. The third-order valence-electron chi connectivity index (χ3n) is 3.95. The molecule has 9 nitrogen and oxygen atoms in total. The first kappa shape index (κ1) is 21.0. The van der Waals surface area contributed by atoms with Gasteiger partial charge in [-0.3, -0.25) is 19.4 Å². The van der Waals surface area contributed by atoms with E-state index >= 15 is 0 Å². The van der Waals surface area contributed by atoms with Crippen LogP contribution < -0.4 is 16.1 Å². The number of carbonyl (C=O) groups excluding carboxylic acids is 1. The number of benzene rings is 1. The van der Waals surface area contributed by atoms with Crippen molar-refractivity contribution in [2.45, 2.75) is 6.10 Å². The van der Waals surface area contributed by atoms with Crippen molar-refractivity contribution in [3.63, 3.8) is 0 Å². The van der Waals surface area contributed by atoms with Crippen molar-refractivity contribution in [3.8, 4) is 0 Å². The van der Waals surface area contributed by atoms with Gasteiger partial charge in [-0.2, -0.15) is 0 Å². The molecule has 0 bridgehead atoms. The molecule has 2 aromatic heterocycles. The Morgan fingerprint density at radius 2 is 2.17 bits per heavy atom. The number of hydroxylamine groups is 1. The zero-order valence-corrected chi connectivity index (χ0v) is 17.0. The van der Waals surface area contributed by atoms with Gasteiger partial charge in [-0.05, 0) is 46.9 Å². The fourth-order valence-electron chi connectivity index (χ4n) is 2.48. The predicted molar refractivity (Wildman–Crippen MR) is 110 cm³/mol. The van der Waals surface area contributed by atoms with E-state index in [1.165, 1.54) is 6.07 Å². The predicted octanol–water partition coefficient (Wildman–Crippen LogP) is 2.65. The van der Waals surface area contributed by atoms with E-state index in [9.17, 15) is 9.18 Å². The molecule has 0 saturated carbocycles. The summed E-state index contributed by atoms with van der Waals surface area (Å²) in [7, 11) is 0. The third-order valence-corrected chi connectivity index (χ3v) is 4.62. The van der Waals surface area contributed by atoms with Crippen molar-refractivity contribution in [3.05, 3.63) is 51.8 Å². The lowest BCUT2D eigenvalue weighted by Gasteiger charge is -2.26. The maximum Gasteiger partial charge on any atom is 0.312 e. The molecular formula is C18H16FIN4O5. The molecule has 4 rings (SSSR count). The third kappa shape index (κ3) is 4.99. The quantitative estimate of drug-likeness (QED) is 0.233. The minimum Gasteiger partial charge on any atom is -0.483 e. The monoisotopic (exact) mass is 514 g/mol. The van der Waals surface area contributed by atoms with Gasteiger partial charge >= 0.3 is 5.91 Å². The summed E-state index contributed by atoms with van der Waals surface area (Å²) in [6.45, 7) is 1.09. The van der Waals surface area contributed by atoms with E-state index in [2.05, 4.69) is 21.1 Å². The summed E-state index contributed by atoms with van der Waals surface area (Å²) in [6.07, 6.45) is 3.04. The van der Waals surface area contributed by atoms with Crippen molar-refractivity contribution in [1.82, 2.24) is 15.8 Å². The molecule has 1 saturated heterocycles. The molecule has 1 aliphatic rings. The second kappa shape index (κ2) is 9.62. The van der Waals surface area contributed by atoms with Gasteiger partial charge in [-0.25, -0.2) is 9.87 Å². The highest BCUT2D eigenvalue weighted by Crippen LogP contribution is 2.33. The Bertz CT molecular complexity index is 1020. The van der Waals surface area contributed by atoms with Crippen molar-refractivity contribution >= 4 is 57.3 Å². The normalized spacial score (nSPS) is 13.2. The largest absolute Gasteiger partial charge is 0.483 e. The van der Waals surface area contributed by atoms with Crippen LogP contribution in [0.25, 0.3) is 11.0 Å². The molecule has 0 atom stereocenters. The van der Waals surface area contributed by atoms with Crippen LogP contribution in [-0.4, -0.2) is 41.7 Å². The Hall–Kier alpha value is -2.77. The number of hydrogen-bond acceptors (Lipinski definition) is 7. The molecule has 1 aromatic carbocycles. The molecule has 0 radical (unpaired) electrons. The fraction of sp³-hybridized carbons (Fsp3) is 0.167. The van der Waals surface area contributed by atoms with E-state index in [0.29, 0.717) is 29.7 Å². The first-order valence-corrected chi connectivity index (χ1v) is 9.44. The zero-order valence-electron chi connectivity index (χ0n) is 14.8. The lowest BCUT2D eigenvalue weighted by molar-refractivity contribution is -0.122. The van der Waals surface area contributed by atoms with Crippen LogP contribution in [0.2, 0.25) is 0 Å². The van der Waals surface area contributed by atoms with Crippen LogP contribution in [0.4, 0.5) is 15.8 Å². The smallest absolute Gasteiger partial charge is 0.312 e. The van der Waals surface area contributed by atoms with E-state index in [0.717, 1.165) is 3.57 Å². The SMILES string of the molecule is O=C(NOC1CNC1)c1oc2ccncc2c1Nc1ccc(I)cc1F.O=CO. The number of nitrogens with one attached hydrogen (secondary N) is 3. The highest BCUT2D eigenvalue weighted by molar-refractivity contribution is 14.1. The van der Waals surface area contributed by atoms with Crippen LogP contribution in [0, 0.1) is 9.39 Å². The molecule has 3 heterocycles. The number of halogens is 2.